The maximum Gasteiger partial charge on any atom is 0.356 e. The zero-order chi connectivity index (χ0) is 15.1. The number of pyridine rings is 1. The van der Waals surface area contributed by atoms with Crippen LogP contribution in [-0.2, 0) is 4.74 Å². The summed E-state index contributed by atoms with van der Waals surface area (Å²) < 4.78 is 4.61. The fourth-order valence-electron chi connectivity index (χ4n) is 2.68. The highest BCUT2D eigenvalue weighted by molar-refractivity contribution is 5.94. The van der Waals surface area contributed by atoms with Crippen molar-refractivity contribution in [2.24, 2.45) is 5.92 Å². The molecule has 1 amide bonds. The molecule has 1 aliphatic carbocycles. The first-order chi connectivity index (χ1) is 10.2. The van der Waals surface area contributed by atoms with E-state index in [1.165, 1.54) is 51.7 Å². The zero-order valence-corrected chi connectivity index (χ0v) is 12.4. The summed E-state index contributed by atoms with van der Waals surface area (Å²) in [5.74, 6) is -0.210. The number of carbonyl (C=O) groups is 2. The van der Waals surface area contributed by atoms with Crippen molar-refractivity contribution < 1.29 is 14.3 Å². The number of aromatic nitrogens is 1. The summed E-state index contributed by atoms with van der Waals surface area (Å²) in [6.07, 6.45) is 7.44. The summed E-state index contributed by atoms with van der Waals surface area (Å²) in [7, 11) is 1.29. The Balaban J connectivity index is 1.92. The molecular weight excluding hydrogens is 268 g/mol. The average molecular weight is 290 g/mol. The molecule has 0 spiro atoms. The van der Waals surface area contributed by atoms with Crippen molar-refractivity contribution >= 4 is 11.9 Å². The number of nitrogens with one attached hydrogen (secondary N) is 1. The van der Waals surface area contributed by atoms with Gasteiger partial charge in [0.25, 0.3) is 5.91 Å². The molecule has 1 aliphatic rings. The largest absolute Gasteiger partial charge is 0.464 e. The third-order valence-corrected chi connectivity index (χ3v) is 3.90. The molecule has 114 valence electrons. The van der Waals surface area contributed by atoms with Crippen LogP contribution in [0.5, 0.6) is 0 Å². The van der Waals surface area contributed by atoms with Crippen LogP contribution >= 0.6 is 0 Å². The smallest absolute Gasteiger partial charge is 0.356 e. The molecule has 1 N–H and O–H groups in total. The minimum Gasteiger partial charge on any atom is -0.464 e. The highest BCUT2D eigenvalue weighted by atomic mass is 16.5. The van der Waals surface area contributed by atoms with Gasteiger partial charge in [0.15, 0.2) is 0 Å². The van der Waals surface area contributed by atoms with Crippen LogP contribution in [-0.4, -0.2) is 30.5 Å². The summed E-state index contributed by atoms with van der Waals surface area (Å²) in [6.45, 7) is 0.683. The standard InChI is InChI=1S/C16H22N2O3/c1-21-16(20)14-10-6-9-13(18-14)15(19)17-11-12-7-4-2-3-5-8-12/h6,9-10,12H,2-5,7-8,11H2,1H3,(H,17,19). The monoisotopic (exact) mass is 290 g/mol. The molecule has 0 saturated heterocycles. The molecule has 2 rings (SSSR count). The molecule has 1 heterocycles. The Bertz CT molecular complexity index is 494. The van der Waals surface area contributed by atoms with Gasteiger partial charge in [-0.3, -0.25) is 4.79 Å². The van der Waals surface area contributed by atoms with Gasteiger partial charge in [-0.25, -0.2) is 9.78 Å². The highest BCUT2D eigenvalue weighted by Gasteiger charge is 2.16. The molecule has 21 heavy (non-hydrogen) atoms. The maximum atomic E-state index is 12.1. The molecule has 0 atom stereocenters. The zero-order valence-electron chi connectivity index (χ0n) is 12.4. The van der Waals surface area contributed by atoms with Crippen LogP contribution in [0, 0.1) is 5.92 Å². The van der Waals surface area contributed by atoms with E-state index in [1.807, 2.05) is 0 Å². The molecule has 5 nitrogen and oxygen atoms in total. The van der Waals surface area contributed by atoms with Gasteiger partial charge in [0.1, 0.15) is 11.4 Å². The molecule has 1 aromatic heterocycles. The van der Waals surface area contributed by atoms with Crippen LogP contribution in [0.3, 0.4) is 0 Å². The number of methoxy groups -OCH3 is 1. The van der Waals surface area contributed by atoms with Gasteiger partial charge in [-0.05, 0) is 30.9 Å². The van der Waals surface area contributed by atoms with Gasteiger partial charge in [-0.1, -0.05) is 31.7 Å². The lowest BCUT2D eigenvalue weighted by molar-refractivity contribution is 0.0594. The fraction of sp³-hybridized carbons (Fsp3) is 0.562. The first-order valence-corrected chi connectivity index (χ1v) is 7.54. The van der Waals surface area contributed by atoms with Gasteiger partial charge in [-0.15, -0.1) is 0 Å². The number of hydrogen-bond donors (Lipinski definition) is 1. The van der Waals surface area contributed by atoms with Crippen molar-refractivity contribution in [3.8, 4) is 0 Å². The fourth-order valence-corrected chi connectivity index (χ4v) is 2.68. The third-order valence-electron chi connectivity index (χ3n) is 3.90. The second-order valence-electron chi connectivity index (χ2n) is 5.47. The molecule has 0 aliphatic heterocycles. The maximum absolute atomic E-state index is 12.1. The second-order valence-corrected chi connectivity index (χ2v) is 5.47. The predicted molar refractivity (Wildman–Crippen MR) is 79.1 cm³/mol. The van der Waals surface area contributed by atoms with E-state index in [2.05, 4.69) is 15.0 Å². The Morgan fingerprint density at radius 2 is 1.86 bits per heavy atom. The first-order valence-electron chi connectivity index (χ1n) is 7.54. The van der Waals surface area contributed by atoms with Crippen molar-refractivity contribution in [2.75, 3.05) is 13.7 Å². The summed E-state index contributed by atoms with van der Waals surface area (Å²) in [5, 5.41) is 2.93. The number of esters is 1. The normalized spacial score (nSPS) is 16.0. The molecule has 0 aromatic carbocycles. The van der Waals surface area contributed by atoms with E-state index in [4.69, 9.17) is 0 Å². The highest BCUT2D eigenvalue weighted by Crippen LogP contribution is 2.22. The lowest BCUT2D eigenvalue weighted by atomic mass is 10.0. The Labute approximate surface area is 125 Å². The van der Waals surface area contributed by atoms with E-state index in [9.17, 15) is 9.59 Å². The SMILES string of the molecule is COC(=O)c1cccc(C(=O)NCC2CCCCCC2)n1. The molecule has 0 unspecified atom stereocenters. The van der Waals surface area contributed by atoms with Crippen LogP contribution < -0.4 is 5.32 Å². The predicted octanol–water partition coefficient (Wildman–Crippen LogP) is 2.57. The van der Waals surface area contributed by atoms with Crippen molar-refractivity contribution in [3.63, 3.8) is 0 Å². The van der Waals surface area contributed by atoms with Gasteiger partial charge >= 0.3 is 5.97 Å². The second kappa shape index (κ2) is 7.76. The lowest BCUT2D eigenvalue weighted by Gasteiger charge is -2.14. The Morgan fingerprint density at radius 1 is 1.19 bits per heavy atom. The van der Waals surface area contributed by atoms with Crippen LogP contribution in [0.1, 0.15) is 59.5 Å². The Hall–Kier alpha value is -1.91. The lowest BCUT2D eigenvalue weighted by Crippen LogP contribution is -2.30. The summed E-state index contributed by atoms with van der Waals surface area (Å²) in [5.41, 5.74) is 0.408. The molecule has 1 fully saturated rings. The van der Waals surface area contributed by atoms with E-state index in [0.29, 0.717) is 12.5 Å². The Kier molecular flexibility index (Phi) is 5.72. The van der Waals surface area contributed by atoms with Crippen molar-refractivity contribution in [2.45, 2.75) is 38.5 Å². The topological polar surface area (TPSA) is 68.3 Å². The molecule has 5 heteroatoms. The van der Waals surface area contributed by atoms with Crippen molar-refractivity contribution in [1.82, 2.24) is 10.3 Å². The third kappa shape index (κ3) is 4.55. The van der Waals surface area contributed by atoms with E-state index in [-0.39, 0.29) is 17.3 Å². The number of hydrogen-bond acceptors (Lipinski definition) is 4. The van der Waals surface area contributed by atoms with E-state index >= 15 is 0 Å². The van der Waals surface area contributed by atoms with Crippen LogP contribution in [0.2, 0.25) is 0 Å². The summed E-state index contributed by atoms with van der Waals surface area (Å²) in [6, 6.07) is 4.78. The van der Waals surface area contributed by atoms with Gasteiger partial charge in [0.05, 0.1) is 7.11 Å². The van der Waals surface area contributed by atoms with Gasteiger partial charge in [-0.2, -0.15) is 0 Å². The minimum atomic E-state index is -0.534. The van der Waals surface area contributed by atoms with Crippen molar-refractivity contribution in [1.29, 1.82) is 0 Å². The molecule has 1 aromatic rings. The van der Waals surface area contributed by atoms with E-state index < -0.39 is 5.97 Å². The van der Waals surface area contributed by atoms with Gasteiger partial charge in [0, 0.05) is 6.54 Å². The quantitative estimate of drug-likeness (QED) is 0.683. The van der Waals surface area contributed by atoms with E-state index in [1.54, 1.807) is 12.1 Å². The van der Waals surface area contributed by atoms with Gasteiger partial charge in [0.2, 0.25) is 0 Å². The number of nitrogens with zero attached hydrogens (tertiary/aromatic N) is 1. The van der Waals surface area contributed by atoms with Crippen LogP contribution in [0.25, 0.3) is 0 Å². The number of rotatable bonds is 4. The average Bonchev–Trinajstić information content (AvgIpc) is 2.80. The Morgan fingerprint density at radius 3 is 2.52 bits per heavy atom. The summed E-state index contributed by atoms with van der Waals surface area (Å²) >= 11 is 0. The number of carbonyl (C=O) groups excluding carboxylic acids is 2. The molecule has 1 saturated carbocycles. The molecule has 0 bridgehead atoms. The van der Waals surface area contributed by atoms with Crippen LogP contribution in [0.4, 0.5) is 0 Å². The van der Waals surface area contributed by atoms with Gasteiger partial charge < -0.3 is 10.1 Å². The van der Waals surface area contributed by atoms with E-state index in [0.717, 1.165) is 0 Å². The van der Waals surface area contributed by atoms with Crippen molar-refractivity contribution in [3.05, 3.63) is 29.6 Å². The van der Waals surface area contributed by atoms with Crippen LogP contribution in [0.15, 0.2) is 18.2 Å². The first kappa shape index (κ1) is 15.5. The number of ether oxygens (including phenoxy) is 1. The molecule has 0 radical (unpaired) electrons. The minimum absolute atomic E-state index is 0.152. The molecular formula is C16H22N2O3. The number of amides is 1. The summed E-state index contributed by atoms with van der Waals surface area (Å²) in [4.78, 5) is 27.6.